The van der Waals surface area contributed by atoms with Gasteiger partial charge in [0, 0.05) is 53.1 Å². The van der Waals surface area contributed by atoms with Crippen molar-refractivity contribution in [2.75, 3.05) is 14.1 Å². The normalized spacial score (nSPS) is 11.7. The molecule has 36 heavy (non-hydrogen) atoms. The zero-order valence-corrected chi connectivity index (χ0v) is 19.7. The van der Waals surface area contributed by atoms with E-state index < -0.39 is 0 Å². The summed E-state index contributed by atoms with van der Waals surface area (Å²) >= 11 is 0. The van der Waals surface area contributed by atoms with Gasteiger partial charge in [-0.05, 0) is 67.2 Å². The molecule has 4 heterocycles. The number of nitrogens with zero attached hydrogens (tertiary/aromatic N) is 4. The van der Waals surface area contributed by atoms with Crippen molar-refractivity contribution in [3.05, 3.63) is 90.4 Å². The molecule has 6 nitrogen and oxygen atoms in total. The summed E-state index contributed by atoms with van der Waals surface area (Å²) in [5, 5.41) is 9.03. The van der Waals surface area contributed by atoms with Crippen molar-refractivity contribution >= 4 is 21.9 Å². The van der Waals surface area contributed by atoms with Gasteiger partial charge >= 0.3 is 0 Å². The van der Waals surface area contributed by atoms with Crippen LogP contribution in [0.4, 0.5) is 8.78 Å². The van der Waals surface area contributed by atoms with Gasteiger partial charge in [-0.15, -0.1) is 0 Å². The first kappa shape index (κ1) is 22.1. The van der Waals surface area contributed by atoms with E-state index in [0.717, 1.165) is 33.2 Å². The third kappa shape index (κ3) is 3.91. The Hall–Kier alpha value is -4.43. The van der Waals surface area contributed by atoms with Gasteiger partial charge < -0.3 is 9.88 Å². The average molecular weight is 481 g/mol. The molecule has 0 amide bonds. The van der Waals surface area contributed by atoms with Crippen LogP contribution in [0.1, 0.15) is 5.56 Å². The molecule has 2 aromatic carbocycles. The van der Waals surface area contributed by atoms with Crippen LogP contribution in [-0.2, 0) is 6.54 Å². The van der Waals surface area contributed by atoms with Gasteiger partial charge in [-0.3, -0.25) is 10.1 Å². The number of rotatable bonds is 5. The van der Waals surface area contributed by atoms with Crippen molar-refractivity contribution in [3.8, 4) is 33.6 Å². The fraction of sp³-hybridized carbons (Fsp3) is 0.107. The van der Waals surface area contributed by atoms with Gasteiger partial charge in [0.05, 0.1) is 11.2 Å². The molecular weight excluding hydrogens is 458 g/mol. The Morgan fingerprint density at radius 3 is 2.61 bits per heavy atom. The van der Waals surface area contributed by atoms with Gasteiger partial charge in [0.1, 0.15) is 23.0 Å². The maximum Gasteiger partial charge on any atom is 0.138 e. The highest BCUT2D eigenvalue weighted by molar-refractivity contribution is 6.00. The maximum atomic E-state index is 15.1. The number of hydrogen-bond acceptors (Lipinski definition) is 4. The number of pyridine rings is 2. The van der Waals surface area contributed by atoms with Gasteiger partial charge in [-0.1, -0.05) is 12.1 Å². The molecule has 6 rings (SSSR count). The molecule has 4 aromatic heterocycles. The molecule has 8 heteroatoms. The van der Waals surface area contributed by atoms with Crippen LogP contribution in [0.5, 0.6) is 0 Å². The van der Waals surface area contributed by atoms with E-state index in [1.807, 2.05) is 43.3 Å². The summed E-state index contributed by atoms with van der Waals surface area (Å²) in [7, 11) is 3.96. The molecule has 0 unspecified atom stereocenters. The highest BCUT2D eigenvalue weighted by Crippen LogP contribution is 2.35. The summed E-state index contributed by atoms with van der Waals surface area (Å²) in [5.41, 5.74) is 6.38. The van der Waals surface area contributed by atoms with Crippen LogP contribution < -0.4 is 0 Å². The molecule has 178 valence electrons. The zero-order chi connectivity index (χ0) is 24.8. The van der Waals surface area contributed by atoms with Crippen LogP contribution in [0.25, 0.3) is 55.6 Å². The average Bonchev–Trinajstić information content (AvgIpc) is 3.46. The molecule has 0 saturated heterocycles. The van der Waals surface area contributed by atoms with Crippen LogP contribution in [0.2, 0.25) is 0 Å². The molecule has 0 radical (unpaired) electrons. The number of nitrogens with one attached hydrogen (secondary N) is 2. The zero-order valence-electron chi connectivity index (χ0n) is 19.7. The highest BCUT2D eigenvalue weighted by Gasteiger charge is 2.17. The molecular formula is C28H22F2N6. The van der Waals surface area contributed by atoms with Crippen molar-refractivity contribution < 1.29 is 8.78 Å². The lowest BCUT2D eigenvalue weighted by molar-refractivity contribution is 0.402. The number of halogens is 2. The number of aromatic nitrogens is 5. The van der Waals surface area contributed by atoms with E-state index in [9.17, 15) is 4.39 Å². The molecule has 0 bridgehead atoms. The second-order valence-electron chi connectivity index (χ2n) is 9.08. The number of benzene rings is 2. The topological polar surface area (TPSA) is 73.5 Å². The summed E-state index contributed by atoms with van der Waals surface area (Å²) in [6, 6.07) is 15.5. The minimum Gasteiger partial charge on any atom is -0.338 e. The maximum absolute atomic E-state index is 15.1. The predicted octanol–water partition coefficient (Wildman–Crippen LogP) is 6.18. The van der Waals surface area contributed by atoms with Crippen LogP contribution in [0.15, 0.2) is 73.2 Å². The lowest BCUT2D eigenvalue weighted by atomic mass is 10.0. The molecule has 0 atom stereocenters. The number of H-pyrrole nitrogens is 2. The van der Waals surface area contributed by atoms with E-state index in [-0.39, 0.29) is 11.6 Å². The molecule has 0 aliphatic heterocycles. The van der Waals surface area contributed by atoms with Crippen molar-refractivity contribution in [2.45, 2.75) is 6.54 Å². The lowest BCUT2D eigenvalue weighted by Crippen LogP contribution is -2.10. The first-order chi connectivity index (χ1) is 17.5. The van der Waals surface area contributed by atoms with Crippen LogP contribution in [0.3, 0.4) is 0 Å². The minimum atomic E-state index is -0.354. The first-order valence-electron chi connectivity index (χ1n) is 11.5. The minimum absolute atomic E-state index is 0.301. The first-order valence-corrected chi connectivity index (χ1v) is 11.5. The Bertz CT molecular complexity index is 1730. The molecule has 0 aliphatic rings. The van der Waals surface area contributed by atoms with Crippen molar-refractivity contribution in [1.29, 1.82) is 0 Å². The summed E-state index contributed by atoms with van der Waals surface area (Å²) in [4.78, 5) is 14.1. The highest BCUT2D eigenvalue weighted by atomic mass is 19.1. The summed E-state index contributed by atoms with van der Waals surface area (Å²) in [5.74, 6) is -0.654. The van der Waals surface area contributed by atoms with Crippen molar-refractivity contribution in [3.63, 3.8) is 0 Å². The van der Waals surface area contributed by atoms with Gasteiger partial charge in [0.15, 0.2) is 0 Å². The Balaban J connectivity index is 1.48. The summed E-state index contributed by atoms with van der Waals surface area (Å²) < 4.78 is 29.0. The molecule has 0 saturated carbocycles. The smallest absolute Gasteiger partial charge is 0.138 e. The molecule has 0 spiro atoms. The van der Waals surface area contributed by atoms with E-state index in [0.29, 0.717) is 34.5 Å². The van der Waals surface area contributed by atoms with E-state index in [4.69, 9.17) is 0 Å². The molecule has 2 N–H and O–H groups in total. The molecule has 6 aromatic rings. The third-order valence-electron chi connectivity index (χ3n) is 6.18. The standard InChI is InChI=1S/C28H22F2N6/c1-36(2)15-16-8-18(14-31-13-16)21-10-23-25(12-24(21)30)34-35-27(23)26-11-22-20(6-7-32-28(22)33-26)17-4-3-5-19(29)9-17/h3-14H,15H2,1-2H3,(H,32,33)(H,34,35). The van der Waals surface area contributed by atoms with E-state index in [1.54, 1.807) is 30.7 Å². The van der Waals surface area contributed by atoms with E-state index in [1.165, 1.54) is 18.2 Å². The largest absolute Gasteiger partial charge is 0.338 e. The Morgan fingerprint density at radius 1 is 0.889 bits per heavy atom. The summed E-state index contributed by atoms with van der Waals surface area (Å²) in [6.45, 7) is 0.706. The SMILES string of the molecule is CN(C)Cc1cncc(-c2cc3c(-c4cc5c(-c6cccc(F)c6)ccnc5[nH]4)n[nH]c3cc2F)c1. The fourth-order valence-electron chi connectivity index (χ4n) is 4.61. The Kier molecular flexibility index (Phi) is 5.30. The predicted molar refractivity (Wildman–Crippen MR) is 137 cm³/mol. The number of hydrogen-bond donors (Lipinski definition) is 2. The lowest BCUT2D eigenvalue weighted by Gasteiger charge is -2.11. The third-order valence-corrected chi connectivity index (χ3v) is 6.18. The Labute approximate surface area is 205 Å². The van der Waals surface area contributed by atoms with Crippen LogP contribution in [0, 0.1) is 11.6 Å². The second kappa shape index (κ2) is 8.66. The number of aromatic amines is 2. The van der Waals surface area contributed by atoms with Crippen LogP contribution in [-0.4, -0.2) is 44.1 Å². The summed E-state index contributed by atoms with van der Waals surface area (Å²) in [6.07, 6.45) is 5.14. The van der Waals surface area contributed by atoms with E-state index >= 15 is 4.39 Å². The number of fused-ring (bicyclic) bond motifs is 2. The Morgan fingerprint density at radius 2 is 1.78 bits per heavy atom. The second-order valence-corrected chi connectivity index (χ2v) is 9.08. The van der Waals surface area contributed by atoms with Gasteiger partial charge in [0.2, 0.25) is 0 Å². The van der Waals surface area contributed by atoms with Crippen molar-refractivity contribution in [1.82, 2.24) is 30.0 Å². The fourth-order valence-corrected chi connectivity index (χ4v) is 4.61. The van der Waals surface area contributed by atoms with Crippen LogP contribution >= 0.6 is 0 Å². The molecule has 0 aliphatic carbocycles. The van der Waals surface area contributed by atoms with Gasteiger partial charge in [-0.25, -0.2) is 13.8 Å². The van der Waals surface area contributed by atoms with Gasteiger partial charge in [-0.2, -0.15) is 5.10 Å². The van der Waals surface area contributed by atoms with Gasteiger partial charge in [0.25, 0.3) is 0 Å². The monoisotopic (exact) mass is 480 g/mol. The van der Waals surface area contributed by atoms with E-state index in [2.05, 4.69) is 25.1 Å². The quantitative estimate of drug-likeness (QED) is 0.309. The molecule has 0 fully saturated rings. The van der Waals surface area contributed by atoms with Crippen molar-refractivity contribution in [2.24, 2.45) is 0 Å².